The monoisotopic (exact) mass is 415 g/mol. The lowest BCUT2D eigenvalue weighted by Gasteiger charge is -2.25. The van der Waals surface area contributed by atoms with E-state index in [-0.39, 0.29) is 17.3 Å². The predicted octanol–water partition coefficient (Wildman–Crippen LogP) is 4.63. The fourth-order valence-corrected chi connectivity index (χ4v) is 4.27. The molecule has 0 aliphatic rings. The third-order valence-electron chi connectivity index (χ3n) is 4.32. The number of sulfonamides is 1. The molecule has 0 bridgehead atoms. The van der Waals surface area contributed by atoms with Crippen LogP contribution in [-0.4, -0.2) is 22.1 Å². The van der Waals surface area contributed by atoms with Crippen LogP contribution in [0.4, 0.5) is 10.1 Å². The van der Waals surface area contributed by atoms with Gasteiger partial charge in [0.1, 0.15) is 17.3 Å². The van der Waals surface area contributed by atoms with Crippen molar-refractivity contribution >= 4 is 15.7 Å². The molecule has 0 N–H and O–H groups in total. The van der Waals surface area contributed by atoms with Gasteiger partial charge in [-0.05, 0) is 73.2 Å². The number of ether oxygens (including phenoxy) is 2. The Morgan fingerprint density at radius 1 is 0.862 bits per heavy atom. The maximum Gasteiger partial charge on any atom is 0.264 e. The Hall–Kier alpha value is -3.06. The van der Waals surface area contributed by atoms with E-state index in [1.165, 1.54) is 35.7 Å². The summed E-state index contributed by atoms with van der Waals surface area (Å²) in [5.74, 6) is 0.842. The normalized spacial score (nSPS) is 11.1. The van der Waals surface area contributed by atoms with Gasteiger partial charge >= 0.3 is 0 Å². The Balaban J connectivity index is 2.01. The molecule has 152 valence electrons. The first-order valence-corrected chi connectivity index (χ1v) is 10.5. The van der Waals surface area contributed by atoms with Gasteiger partial charge in [0, 0.05) is 0 Å². The second-order valence-corrected chi connectivity index (χ2v) is 8.10. The van der Waals surface area contributed by atoms with Crippen LogP contribution in [0.3, 0.4) is 0 Å². The number of anilines is 1. The van der Waals surface area contributed by atoms with Crippen molar-refractivity contribution in [1.82, 2.24) is 0 Å². The van der Waals surface area contributed by atoms with E-state index in [1.54, 1.807) is 48.5 Å². The molecule has 7 heteroatoms. The molecule has 5 nitrogen and oxygen atoms in total. The van der Waals surface area contributed by atoms with Crippen LogP contribution in [0.1, 0.15) is 12.5 Å². The summed E-state index contributed by atoms with van der Waals surface area (Å²) >= 11 is 0. The minimum Gasteiger partial charge on any atom is -0.497 e. The summed E-state index contributed by atoms with van der Waals surface area (Å²) in [5, 5.41) is 0. The highest BCUT2D eigenvalue weighted by Gasteiger charge is 2.25. The van der Waals surface area contributed by atoms with E-state index in [4.69, 9.17) is 9.47 Å². The van der Waals surface area contributed by atoms with Crippen molar-refractivity contribution in [3.63, 3.8) is 0 Å². The van der Waals surface area contributed by atoms with Crippen LogP contribution in [0.5, 0.6) is 11.5 Å². The smallest absolute Gasteiger partial charge is 0.264 e. The lowest BCUT2D eigenvalue weighted by Crippen LogP contribution is -2.30. The second kappa shape index (κ2) is 8.96. The van der Waals surface area contributed by atoms with Gasteiger partial charge in [0.2, 0.25) is 0 Å². The molecule has 0 fully saturated rings. The van der Waals surface area contributed by atoms with Crippen molar-refractivity contribution in [2.24, 2.45) is 0 Å². The van der Waals surface area contributed by atoms with Crippen LogP contribution in [0.25, 0.3) is 0 Å². The zero-order chi connectivity index (χ0) is 20.9. The molecule has 0 spiro atoms. The maximum absolute atomic E-state index is 13.4. The van der Waals surface area contributed by atoms with Gasteiger partial charge in [-0.2, -0.15) is 0 Å². The molecule has 0 radical (unpaired) electrons. The fraction of sp³-hybridized carbons (Fsp3) is 0.182. The Morgan fingerprint density at radius 2 is 1.45 bits per heavy atom. The molecular weight excluding hydrogens is 393 g/mol. The Labute approximate surface area is 170 Å². The standard InChI is InChI=1S/C22H22FNO4S/c1-3-28-21-10-8-19(9-11-21)24(16-17-4-6-18(23)7-5-17)29(25,26)22-14-12-20(27-2)13-15-22/h4-15H,3,16H2,1-2H3. The van der Waals surface area contributed by atoms with E-state index >= 15 is 0 Å². The SMILES string of the molecule is CCOc1ccc(N(Cc2ccc(F)cc2)S(=O)(=O)c2ccc(OC)cc2)cc1. The first-order chi connectivity index (χ1) is 13.9. The zero-order valence-electron chi connectivity index (χ0n) is 16.2. The summed E-state index contributed by atoms with van der Waals surface area (Å²) in [6.45, 7) is 2.45. The molecule has 0 aromatic heterocycles. The fourth-order valence-electron chi connectivity index (χ4n) is 2.82. The quantitative estimate of drug-likeness (QED) is 0.538. The van der Waals surface area contributed by atoms with E-state index in [1.807, 2.05) is 6.92 Å². The van der Waals surface area contributed by atoms with Gasteiger partial charge in [-0.25, -0.2) is 12.8 Å². The molecule has 0 unspecified atom stereocenters. The van der Waals surface area contributed by atoms with Crippen LogP contribution in [0.15, 0.2) is 77.7 Å². The zero-order valence-corrected chi connectivity index (χ0v) is 17.0. The average Bonchev–Trinajstić information content (AvgIpc) is 2.74. The Bertz CT molecular complexity index is 1030. The van der Waals surface area contributed by atoms with E-state index in [9.17, 15) is 12.8 Å². The summed E-state index contributed by atoms with van der Waals surface area (Å²) in [6.07, 6.45) is 0. The summed E-state index contributed by atoms with van der Waals surface area (Å²) in [6, 6.07) is 18.8. The van der Waals surface area contributed by atoms with Crippen LogP contribution < -0.4 is 13.8 Å². The minimum absolute atomic E-state index is 0.0582. The van der Waals surface area contributed by atoms with Crippen molar-refractivity contribution in [1.29, 1.82) is 0 Å². The lowest BCUT2D eigenvalue weighted by atomic mass is 10.2. The summed E-state index contributed by atoms with van der Waals surface area (Å²) in [5.41, 5.74) is 1.14. The van der Waals surface area contributed by atoms with Gasteiger partial charge in [-0.15, -0.1) is 0 Å². The Kier molecular flexibility index (Phi) is 6.39. The summed E-state index contributed by atoms with van der Waals surface area (Å²) in [4.78, 5) is 0.134. The van der Waals surface area contributed by atoms with Gasteiger partial charge in [-0.3, -0.25) is 4.31 Å². The summed E-state index contributed by atoms with van der Waals surface area (Å²) < 4.78 is 51.9. The highest BCUT2D eigenvalue weighted by Crippen LogP contribution is 2.28. The molecule has 3 aromatic carbocycles. The van der Waals surface area contributed by atoms with Gasteiger partial charge in [0.15, 0.2) is 0 Å². The number of hydrogen-bond donors (Lipinski definition) is 0. The van der Waals surface area contributed by atoms with Gasteiger partial charge in [-0.1, -0.05) is 12.1 Å². The molecular formula is C22H22FNO4S. The van der Waals surface area contributed by atoms with E-state index in [0.29, 0.717) is 29.4 Å². The molecule has 0 amide bonds. The van der Waals surface area contributed by atoms with Crippen molar-refractivity contribution < 1.29 is 22.3 Å². The molecule has 3 aromatic rings. The molecule has 3 rings (SSSR count). The highest BCUT2D eigenvalue weighted by molar-refractivity contribution is 7.92. The van der Waals surface area contributed by atoms with Crippen LogP contribution in [-0.2, 0) is 16.6 Å². The molecule has 0 saturated heterocycles. The molecule has 0 heterocycles. The lowest BCUT2D eigenvalue weighted by molar-refractivity contribution is 0.340. The predicted molar refractivity (Wildman–Crippen MR) is 110 cm³/mol. The van der Waals surface area contributed by atoms with Gasteiger partial charge in [0.25, 0.3) is 10.0 Å². The van der Waals surface area contributed by atoms with Crippen LogP contribution in [0, 0.1) is 5.82 Å². The minimum atomic E-state index is -3.87. The number of methoxy groups -OCH3 is 1. The highest BCUT2D eigenvalue weighted by atomic mass is 32.2. The average molecular weight is 415 g/mol. The molecule has 0 aliphatic heterocycles. The van der Waals surface area contributed by atoms with Crippen LogP contribution >= 0.6 is 0 Å². The molecule has 0 atom stereocenters. The second-order valence-electron chi connectivity index (χ2n) is 6.24. The van der Waals surface area contributed by atoms with E-state index in [0.717, 1.165) is 0 Å². The molecule has 0 aliphatic carbocycles. The molecule has 0 saturated carbocycles. The maximum atomic E-state index is 13.4. The molecule has 29 heavy (non-hydrogen) atoms. The first kappa shape index (κ1) is 20.7. The number of nitrogens with zero attached hydrogens (tertiary/aromatic N) is 1. The van der Waals surface area contributed by atoms with Gasteiger partial charge < -0.3 is 9.47 Å². The first-order valence-electron chi connectivity index (χ1n) is 9.08. The third kappa shape index (κ3) is 4.86. The Morgan fingerprint density at radius 3 is 2.00 bits per heavy atom. The van der Waals surface area contributed by atoms with Crippen molar-refractivity contribution in [3.8, 4) is 11.5 Å². The van der Waals surface area contributed by atoms with Gasteiger partial charge in [0.05, 0.1) is 30.8 Å². The van der Waals surface area contributed by atoms with Crippen molar-refractivity contribution in [2.45, 2.75) is 18.4 Å². The van der Waals surface area contributed by atoms with E-state index in [2.05, 4.69) is 0 Å². The number of rotatable bonds is 8. The van der Waals surface area contributed by atoms with Crippen LogP contribution in [0.2, 0.25) is 0 Å². The topological polar surface area (TPSA) is 55.8 Å². The summed E-state index contributed by atoms with van der Waals surface area (Å²) in [7, 11) is -2.35. The van der Waals surface area contributed by atoms with Crippen molar-refractivity contribution in [2.75, 3.05) is 18.0 Å². The van der Waals surface area contributed by atoms with E-state index < -0.39 is 10.0 Å². The number of hydrogen-bond acceptors (Lipinski definition) is 4. The third-order valence-corrected chi connectivity index (χ3v) is 6.11. The number of benzene rings is 3. The number of halogens is 1. The largest absolute Gasteiger partial charge is 0.497 e. The van der Waals surface area contributed by atoms with Crippen molar-refractivity contribution in [3.05, 3.63) is 84.2 Å².